The molecular weight excluding hydrogens is 242 g/mol. The number of ether oxygens (including phenoxy) is 2. The zero-order valence-electron chi connectivity index (χ0n) is 11.5. The van der Waals surface area contributed by atoms with Gasteiger partial charge in [0.25, 0.3) is 0 Å². The zero-order chi connectivity index (χ0) is 13.5. The lowest BCUT2D eigenvalue weighted by Gasteiger charge is -2.16. The van der Waals surface area contributed by atoms with Gasteiger partial charge < -0.3 is 19.9 Å². The molecule has 4 heteroatoms. The van der Waals surface area contributed by atoms with Crippen LogP contribution in [0.5, 0.6) is 5.75 Å². The summed E-state index contributed by atoms with van der Waals surface area (Å²) in [5, 5.41) is 13.1. The molecule has 1 fully saturated rings. The molecule has 106 valence electrons. The van der Waals surface area contributed by atoms with E-state index in [1.807, 2.05) is 12.1 Å². The third-order valence-corrected chi connectivity index (χ3v) is 3.35. The lowest BCUT2D eigenvalue weighted by Crippen LogP contribution is -2.38. The van der Waals surface area contributed by atoms with Gasteiger partial charge in [-0.1, -0.05) is 19.1 Å². The van der Waals surface area contributed by atoms with Crippen molar-refractivity contribution >= 4 is 0 Å². The normalized spacial score (nSPS) is 20.4. The maximum Gasteiger partial charge on any atom is 0.119 e. The Labute approximate surface area is 114 Å². The van der Waals surface area contributed by atoms with Crippen molar-refractivity contribution in [3.8, 4) is 5.75 Å². The summed E-state index contributed by atoms with van der Waals surface area (Å²) in [4.78, 5) is 0. The summed E-state index contributed by atoms with van der Waals surface area (Å²) in [6, 6.07) is 8.37. The van der Waals surface area contributed by atoms with Crippen LogP contribution < -0.4 is 10.1 Å². The highest BCUT2D eigenvalue weighted by molar-refractivity contribution is 5.27. The molecule has 1 aromatic carbocycles. The molecule has 0 aromatic heterocycles. The van der Waals surface area contributed by atoms with Gasteiger partial charge in [-0.05, 0) is 30.5 Å². The van der Waals surface area contributed by atoms with Crippen molar-refractivity contribution in [1.82, 2.24) is 5.32 Å². The molecule has 2 N–H and O–H groups in total. The van der Waals surface area contributed by atoms with Crippen molar-refractivity contribution in [3.63, 3.8) is 0 Å². The molecule has 0 amide bonds. The molecule has 4 nitrogen and oxygen atoms in total. The fourth-order valence-electron chi connectivity index (χ4n) is 2.07. The molecule has 2 rings (SSSR count). The number of aliphatic hydroxyl groups excluding tert-OH is 1. The van der Waals surface area contributed by atoms with E-state index in [-0.39, 0.29) is 0 Å². The molecule has 1 heterocycles. The van der Waals surface area contributed by atoms with Crippen molar-refractivity contribution in [3.05, 3.63) is 29.8 Å². The second-order valence-corrected chi connectivity index (χ2v) is 4.93. The maximum atomic E-state index is 9.84. The number of aryl methyl sites for hydroxylation is 1. The summed E-state index contributed by atoms with van der Waals surface area (Å²) in [5.74, 6) is 0.806. The Morgan fingerprint density at radius 3 is 2.84 bits per heavy atom. The molecule has 1 aromatic rings. The quantitative estimate of drug-likeness (QED) is 0.782. The number of hydrogen-bond acceptors (Lipinski definition) is 4. The Hall–Kier alpha value is -1.10. The Morgan fingerprint density at radius 1 is 1.42 bits per heavy atom. The Morgan fingerprint density at radius 2 is 2.21 bits per heavy atom. The van der Waals surface area contributed by atoms with Gasteiger partial charge in [0.2, 0.25) is 0 Å². The first-order valence-electron chi connectivity index (χ1n) is 6.99. The van der Waals surface area contributed by atoms with Gasteiger partial charge in [0.15, 0.2) is 0 Å². The number of rotatable bonds is 7. The largest absolute Gasteiger partial charge is 0.491 e. The standard InChI is InChI=1S/C15H23NO3/c1-2-12-3-5-15(6-4-12)19-11-14(17)9-16-13-7-8-18-10-13/h3-6,13-14,16-17H,2,7-11H2,1H3. The summed E-state index contributed by atoms with van der Waals surface area (Å²) in [7, 11) is 0. The fraction of sp³-hybridized carbons (Fsp3) is 0.600. The van der Waals surface area contributed by atoms with Crippen LogP contribution in [-0.2, 0) is 11.2 Å². The summed E-state index contributed by atoms with van der Waals surface area (Å²) < 4.78 is 10.8. The van der Waals surface area contributed by atoms with E-state index in [0.717, 1.165) is 31.8 Å². The molecule has 1 saturated heterocycles. The van der Waals surface area contributed by atoms with Crippen LogP contribution in [0.1, 0.15) is 18.9 Å². The monoisotopic (exact) mass is 265 g/mol. The van der Waals surface area contributed by atoms with Crippen molar-refractivity contribution in [1.29, 1.82) is 0 Å². The van der Waals surface area contributed by atoms with Crippen LogP contribution in [0.25, 0.3) is 0 Å². The van der Waals surface area contributed by atoms with Crippen LogP contribution in [0.3, 0.4) is 0 Å². The molecule has 19 heavy (non-hydrogen) atoms. The first-order valence-corrected chi connectivity index (χ1v) is 6.99. The van der Waals surface area contributed by atoms with Crippen LogP contribution in [0.15, 0.2) is 24.3 Å². The Balaban J connectivity index is 1.65. The van der Waals surface area contributed by atoms with Crippen molar-refractivity contribution < 1.29 is 14.6 Å². The van der Waals surface area contributed by atoms with Gasteiger partial charge in [-0.15, -0.1) is 0 Å². The van der Waals surface area contributed by atoms with Gasteiger partial charge in [0.05, 0.1) is 6.61 Å². The summed E-state index contributed by atoms with van der Waals surface area (Å²) >= 11 is 0. The molecule has 0 aliphatic carbocycles. The second-order valence-electron chi connectivity index (χ2n) is 4.93. The van der Waals surface area contributed by atoms with Gasteiger partial charge in [-0.25, -0.2) is 0 Å². The van der Waals surface area contributed by atoms with E-state index < -0.39 is 6.10 Å². The smallest absolute Gasteiger partial charge is 0.119 e. The highest BCUT2D eigenvalue weighted by Crippen LogP contribution is 2.12. The minimum atomic E-state index is -0.494. The summed E-state index contributed by atoms with van der Waals surface area (Å²) in [6.07, 6.45) is 1.55. The van der Waals surface area contributed by atoms with Crippen LogP contribution >= 0.6 is 0 Å². The van der Waals surface area contributed by atoms with E-state index in [4.69, 9.17) is 9.47 Å². The van der Waals surface area contributed by atoms with Gasteiger partial charge in [-0.3, -0.25) is 0 Å². The van der Waals surface area contributed by atoms with E-state index in [1.165, 1.54) is 5.56 Å². The molecule has 1 aliphatic rings. The highest BCUT2D eigenvalue weighted by atomic mass is 16.5. The first kappa shape index (κ1) is 14.3. The third-order valence-electron chi connectivity index (χ3n) is 3.35. The van der Waals surface area contributed by atoms with Crippen LogP contribution in [-0.4, -0.2) is 43.6 Å². The van der Waals surface area contributed by atoms with E-state index >= 15 is 0 Å². The summed E-state index contributed by atoms with van der Waals surface area (Å²) in [5.41, 5.74) is 1.29. The van der Waals surface area contributed by atoms with E-state index in [9.17, 15) is 5.11 Å². The molecule has 1 aliphatic heterocycles. The minimum absolute atomic E-state index is 0.312. The third kappa shape index (κ3) is 4.82. The number of benzene rings is 1. The summed E-state index contributed by atoms with van der Waals surface area (Å²) in [6.45, 7) is 4.53. The van der Waals surface area contributed by atoms with Crippen molar-refractivity contribution in [2.45, 2.75) is 31.9 Å². The van der Waals surface area contributed by atoms with Crippen LogP contribution in [0, 0.1) is 0 Å². The molecule has 0 spiro atoms. The fourth-order valence-corrected chi connectivity index (χ4v) is 2.07. The highest BCUT2D eigenvalue weighted by Gasteiger charge is 2.16. The van der Waals surface area contributed by atoms with Crippen molar-refractivity contribution in [2.75, 3.05) is 26.4 Å². The molecule has 2 atom stereocenters. The topological polar surface area (TPSA) is 50.7 Å². The predicted molar refractivity (Wildman–Crippen MR) is 74.5 cm³/mol. The average Bonchev–Trinajstić information content (AvgIpc) is 2.96. The van der Waals surface area contributed by atoms with Crippen LogP contribution in [0.2, 0.25) is 0 Å². The molecular formula is C15H23NO3. The van der Waals surface area contributed by atoms with Gasteiger partial charge in [0, 0.05) is 19.2 Å². The second kappa shape index (κ2) is 7.48. The molecule has 0 saturated carbocycles. The van der Waals surface area contributed by atoms with Gasteiger partial charge in [-0.2, -0.15) is 0 Å². The van der Waals surface area contributed by atoms with E-state index in [1.54, 1.807) is 0 Å². The average molecular weight is 265 g/mol. The number of hydrogen-bond donors (Lipinski definition) is 2. The van der Waals surface area contributed by atoms with Crippen molar-refractivity contribution in [2.24, 2.45) is 0 Å². The molecule has 2 unspecified atom stereocenters. The molecule has 0 radical (unpaired) electrons. The number of nitrogens with one attached hydrogen (secondary N) is 1. The van der Waals surface area contributed by atoms with Gasteiger partial charge >= 0.3 is 0 Å². The maximum absolute atomic E-state index is 9.84. The predicted octanol–water partition coefficient (Wildman–Crippen LogP) is 1.37. The molecule has 0 bridgehead atoms. The lowest BCUT2D eigenvalue weighted by molar-refractivity contribution is 0.102. The zero-order valence-corrected chi connectivity index (χ0v) is 11.5. The van der Waals surface area contributed by atoms with E-state index in [2.05, 4.69) is 24.4 Å². The minimum Gasteiger partial charge on any atom is -0.491 e. The SMILES string of the molecule is CCc1ccc(OCC(O)CNC2CCOC2)cc1. The van der Waals surface area contributed by atoms with Crippen LogP contribution in [0.4, 0.5) is 0 Å². The number of aliphatic hydroxyl groups is 1. The van der Waals surface area contributed by atoms with E-state index in [0.29, 0.717) is 19.2 Å². The Bertz CT molecular complexity index is 360. The first-order chi connectivity index (χ1) is 9.28. The van der Waals surface area contributed by atoms with Gasteiger partial charge in [0.1, 0.15) is 18.5 Å². The Kier molecular flexibility index (Phi) is 5.63. The lowest BCUT2D eigenvalue weighted by atomic mass is 10.2.